The molecule has 0 aliphatic rings. The van der Waals surface area contributed by atoms with Gasteiger partial charge in [0.1, 0.15) is 0 Å². The fourth-order valence-corrected chi connectivity index (χ4v) is 1.47. The number of Topliss-reactive ketones (excluding diaryl/α,β-unsaturated/α-hetero) is 1. The molecule has 0 heterocycles. The number of quaternary nitrogens is 1. The molecule has 15 heavy (non-hydrogen) atoms. The fourth-order valence-electron chi connectivity index (χ4n) is 1.24. The topological polar surface area (TPSA) is 77.4 Å². The van der Waals surface area contributed by atoms with Crippen LogP contribution in [-0.2, 0) is 9.59 Å². The maximum absolute atomic E-state index is 11.3. The van der Waals surface area contributed by atoms with Crippen LogP contribution < -0.4 is 5.11 Å². The normalized spacial score (nSPS) is 18.0. The molecule has 0 aliphatic carbocycles. The Hall–Kier alpha value is -0.650. The molecule has 0 aromatic rings. The van der Waals surface area contributed by atoms with Crippen LogP contribution in [0.5, 0.6) is 0 Å². The van der Waals surface area contributed by atoms with Gasteiger partial charge >= 0.3 is 0 Å². The number of carboxylic acid groups (broad SMARTS) is 1. The first kappa shape index (κ1) is 14.3. The van der Waals surface area contributed by atoms with E-state index < -0.39 is 29.3 Å². The minimum Gasteiger partial charge on any atom is -0.550 e. The highest BCUT2D eigenvalue weighted by Crippen LogP contribution is 2.26. The van der Waals surface area contributed by atoms with Crippen molar-refractivity contribution in [1.29, 1.82) is 0 Å². The highest BCUT2D eigenvalue weighted by atomic mass is 35.5. The second-order valence-electron chi connectivity index (χ2n) is 4.48. The fraction of sp³-hybridized carbons (Fsp3) is 0.778. The minimum atomic E-state index is -2.10. The molecule has 0 bridgehead atoms. The van der Waals surface area contributed by atoms with Crippen LogP contribution in [0, 0.1) is 0 Å². The van der Waals surface area contributed by atoms with E-state index in [0.29, 0.717) is 0 Å². The van der Waals surface area contributed by atoms with Crippen molar-refractivity contribution < 1.29 is 24.3 Å². The zero-order valence-electron chi connectivity index (χ0n) is 9.28. The lowest BCUT2D eigenvalue weighted by molar-refractivity contribution is -0.888. The molecule has 2 atom stereocenters. The van der Waals surface area contributed by atoms with Gasteiger partial charge in [-0.15, -0.1) is 0 Å². The van der Waals surface area contributed by atoms with Crippen molar-refractivity contribution in [3.05, 3.63) is 0 Å². The first-order valence-electron chi connectivity index (χ1n) is 4.40. The minimum absolute atomic E-state index is 0.0604. The summed E-state index contributed by atoms with van der Waals surface area (Å²) in [7, 11) is 4.96. The SMILES string of the molecule is CC(=O)C(O)(CC(=O)[O-])C(Cl)[N+](C)(C)C. The molecule has 0 amide bonds. The predicted molar refractivity (Wildman–Crippen MR) is 52.9 cm³/mol. The Morgan fingerprint density at radius 1 is 1.47 bits per heavy atom. The van der Waals surface area contributed by atoms with Gasteiger partial charge in [-0.25, -0.2) is 0 Å². The summed E-state index contributed by atoms with van der Waals surface area (Å²) in [5.41, 5.74) is -3.15. The first-order chi connectivity index (χ1) is 6.51. The number of nitrogens with zero attached hydrogens (tertiary/aromatic N) is 1. The van der Waals surface area contributed by atoms with E-state index in [-0.39, 0.29) is 4.48 Å². The van der Waals surface area contributed by atoms with Gasteiger partial charge < -0.3 is 19.5 Å². The molecule has 1 N–H and O–H groups in total. The van der Waals surface area contributed by atoms with Crippen LogP contribution in [0.25, 0.3) is 0 Å². The average Bonchev–Trinajstić information content (AvgIpc) is 1.99. The Morgan fingerprint density at radius 3 is 2.07 bits per heavy atom. The summed E-state index contributed by atoms with van der Waals surface area (Å²) in [6.07, 6.45) is -0.800. The maximum Gasteiger partial charge on any atom is 0.200 e. The van der Waals surface area contributed by atoms with Crippen LogP contribution >= 0.6 is 11.6 Å². The van der Waals surface area contributed by atoms with E-state index in [4.69, 9.17) is 11.6 Å². The number of rotatable bonds is 5. The van der Waals surface area contributed by atoms with Crippen molar-refractivity contribution in [2.45, 2.75) is 24.4 Å². The quantitative estimate of drug-likeness (QED) is 0.367. The lowest BCUT2D eigenvalue weighted by Crippen LogP contribution is -2.60. The molecule has 0 saturated heterocycles. The molecule has 0 fully saturated rings. The Morgan fingerprint density at radius 2 is 1.87 bits per heavy atom. The molecular formula is C9H16ClNO4. The largest absolute Gasteiger partial charge is 0.550 e. The lowest BCUT2D eigenvalue weighted by Gasteiger charge is -2.39. The van der Waals surface area contributed by atoms with Gasteiger partial charge in [-0.05, 0) is 6.92 Å². The van der Waals surface area contributed by atoms with Gasteiger partial charge in [0.25, 0.3) is 0 Å². The molecule has 0 aliphatic heterocycles. The van der Waals surface area contributed by atoms with Gasteiger partial charge in [0.15, 0.2) is 11.4 Å². The lowest BCUT2D eigenvalue weighted by atomic mass is 9.93. The maximum atomic E-state index is 11.3. The predicted octanol–water partition coefficient (Wildman–Crippen LogP) is -1.28. The van der Waals surface area contributed by atoms with Crippen molar-refractivity contribution in [1.82, 2.24) is 0 Å². The van der Waals surface area contributed by atoms with E-state index >= 15 is 0 Å². The second kappa shape index (κ2) is 4.47. The third-order valence-electron chi connectivity index (χ3n) is 2.10. The van der Waals surface area contributed by atoms with E-state index in [1.165, 1.54) is 0 Å². The van der Waals surface area contributed by atoms with E-state index in [1.807, 2.05) is 0 Å². The number of hydrogen-bond acceptors (Lipinski definition) is 4. The van der Waals surface area contributed by atoms with Crippen LogP contribution in [-0.4, -0.2) is 53.6 Å². The molecule has 0 aromatic carbocycles. The Labute approximate surface area is 93.8 Å². The number of ketones is 1. The van der Waals surface area contributed by atoms with Gasteiger partial charge in [-0.3, -0.25) is 4.79 Å². The van der Waals surface area contributed by atoms with Crippen LogP contribution in [0.2, 0.25) is 0 Å². The number of halogens is 1. The molecule has 2 unspecified atom stereocenters. The number of aliphatic hydroxyl groups is 1. The van der Waals surface area contributed by atoms with Gasteiger partial charge in [0, 0.05) is 12.4 Å². The number of carboxylic acids is 1. The van der Waals surface area contributed by atoms with E-state index in [1.54, 1.807) is 21.1 Å². The number of aliphatic carboxylic acids is 1. The zero-order chi connectivity index (χ0) is 12.4. The summed E-state index contributed by atoms with van der Waals surface area (Å²) in [6.45, 7) is 1.11. The molecule has 6 heteroatoms. The number of carbonyl (C=O) groups is 2. The number of likely N-dealkylation sites (N-methyl/N-ethyl adjacent to an activating group) is 1. The van der Waals surface area contributed by atoms with Crippen molar-refractivity contribution >= 4 is 23.4 Å². The molecule has 0 spiro atoms. The third-order valence-corrected chi connectivity index (χ3v) is 3.04. The standard InChI is InChI=1S/C9H16ClNO4/c1-6(12)9(15,5-7(13)14)8(10)11(2,3)4/h8,15H,5H2,1-4H3. The Balaban J connectivity index is 5.12. The summed E-state index contributed by atoms with van der Waals surface area (Å²) in [6, 6.07) is 0. The van der Waals surface area contributed by atoms with Gasteiger partial charge in [-0.1, -0.05) is 11.6 Å². The molecular weight excluding hydrogens is 222 g/mol. The summed E-state index contributed by atoms with van der Waals surface area (Å²) in [5.74, 6) is -2.19. The van der Waals surface area contributed by atoms with Crippen LogP contribution in [0.15, 0.2) is 0 Å². The van der Waals surface area contributed by atoms with E-state index in [0.717, 1.165) is 6.92 Å². The van der Waals surface area contributed by atoms with Crippen molar-refractivity contribution in [3.63, 3.8) is 0 Å². The van der Waals surface area contributed by atoms with E-state index in [2.05, 4.69) is 0 Å². The first-order valence-corrected chi connectivity index (χ1v) is 4.84. The van der Waals surface area contributed by atoms with Gasteiger partial charge in [0.2, 0.25) is 5.50 Å². The Bertz CT molecular complexity index is 274. The van der Waals surface area contributed by atoms with Crippen molar-refractivity contribution in [2.24, 2.45) is 0 Å². The second-order valence-corrected chi connectivity index (χ2v) is 4.89. The Kier molecular flexibility index (Phi) is 4.27. The zero-order valence-corrected chi connectivity index (χ0v) is 10.0. The van der Waals surface area contributed by atoms with Crippen LogP contribution in [0.1, 0.15) is 13.3 Å². The van der Waals surface area contributed by atoms with Crippen LogP contribution in [0.3, 0.4) is 0 Å². The highest BCUT2D eigenvalue weighted by molar-refractivity contribution is 6.22. The summed E-state index contributed by atoms with van der Waals surface area (Å²) < 4.78 is 0.0604. The molecule has 0 rings (SSSR count). The summed E-state index contributed by atoms with van der Waals surface area (Å²) in [4.78, 5) is 21.7. The molecule has 0 saturated carbocycles. The highest BCUT2D eigenvalue weighted by Gasteiger charge is 2.48. The average molecular weight is 238 g/mol. The smallest absolute Gasteiger partial charge is 0.200 e. The molecule has 0 radical (unpaired) electrons. The summed E-state index contributed by atoms with van der Waals surface area (Å²) in [5, 5.41) is 20.4. The number of carbonyl (C=O) groups excluding carboxylic acids is 2. The third kappa shape index (κ3) is 3.44. The number of hydrogen-bond donors (Lipinski definition) is 1. The molecule has 88 valence electrons. The van der Waals surface area contributed by atoms with Crippen LogP contribution in [0.4, 0.5) is 0 Å². The van der Waals surface area contributed by atoms with Crippen molar-refractivity contribution in [2.75, 3.05) is 21.1 Å². The summed E-state index contributed by atoms with van der Waals surface area (Å²) >= 11 is 5.91. The van der Waals surface area contributed by atoms with Gasteiger partial charge in [0.05, 0.1) is 21.1 Å². The molecule has 0 aromatic heterocycles. The monoisotopic (exact) mass is 237 g/mol. The number of alkyl halides is 1. The van der Waals surface area contributed by atoms with Crippen molar-refractivity contribution in [3.8, 4) is 0 Å². The molecule has 5 nitrogen and oxygen atoms in total. The van der Waals surface area contributed by atoms with E-state index in [9.17, 15) is 19.8 Å². The van der Waals surface area contributed by atoms with Gasteiger partial charge in [-0.2, -0.15) is 0 Å².